The second kappa shape index (κ2) is 5.89. The number of nitro groups is 2. The molecule has 0 atom stereocenters. The predicted molar refractivity (Wildman–Crippen MR) is 86.6 cm³/mol. The van der Waals surface area contributed by atoms with Gasteiger partial charge in [-0.25, -0.2) is 9.98 Å². The summed E-state index contributed by atoms with van der Waals surface area (Å²) in [6, 6.07) is 10.4. The fourth-order valence-electron chi connectivity index (χ4n) is 1.88. The molecule has 0 aliphatic heterocycles. The summed E-state index contributed by atoms with van der Waals surface area (Å²) < 4.78 is 0.676. The van der Waals surface area contributed by atoms with Crippen molar-refractivity contribution in [3.8, 4) is 0 Å². The fraction of sp³-hybridized carbons (Fsp3) is 0. The van der Waals surface area contributed by atoms with E-state index in [4.69, 9.17) is 0 Å². The van der Waals surface area contributed by atoms with Crippen LogP contribution in [0, 0.1) is 20.2 Å². The average molecular weight is 328 g/mol. The van der Waals surface area contributed by atoms with Crippen molar-refractivity contribution in [1.82, 2.24) is 4.98 Å². The number of thiazole rings is 1. The van der Waals surface area contributed by atoms with Crippen molar-refractivity contribution in [2.24, 2.45) is 4.99 Å². The van der Waals surface area contributed by atoms with E-state index in [-0.39, 0.29) is 11.4 Å². The molecule has 0 N–H and O–H groups in total. The van der Waals surface area contributed by atoms with Gasteiger partial charge in [0.2, 0.25) is 5.13 Å². The number of fused-ring (bicyclic) bond motifs is 1. The Morgan fingerprint density at radius 2 is 1.65 bits per heavy atom. The van der Waals surface area contributed by atoms with Crippen LogP contribution in [0.3, 0.4) is 0 Å². The first-order chi connectivity index (χ1) is 11.0. The van der Waals surface area contributed by atoms with Gasteiger partial charge in [-0.1, -0.05) is 11.3 Å². The Balaban J connectivity index is 1.85. The lowest BCUT2D eigenvalue weighted by Crippen LogP contribution is -1.88. The number of nitro benzene ring substituents is 2. The van der Waals surface area contributed by atoms with E-state index in [0.29, 0.717) is 20.9 Å². The number of nitrogens with zero attached hydrogens (tertiary/aromatic N) is 4. The molecule has 3 aromatic rings. The molecule has 23 heavy (non-hydrogen) atoms. The number of rotatable bonds is 4. The molecule has 1 aromatic heterocycles. The zero-order valence-electron chi connectivity index (χ0n) is 11.4. The molecular formula is C14H8N4O4S. The number of hydrogen-bond donors (Lipinski definition) is 0. The highest BCUT2D eigenvalue weighted by atomic mass is 32.1. The Bertz CT molecular complexity index is 934. The highest BCUT2D eigenvalue weighted by Crippen LogP contribution is 2.30. The van der Waals surface area contributed by atoms with Gasteiger partial charge < -0.3 is 0 Å². The minimum absolute atomic E-state index is 0.00653. The van der Waals surface area contributed by atoms with E-state index in [1.54, 1.807) is 18.2 Å². The third-order valence-electron chi connectivity index (χ3n) is 3.00. The van der Waals surface area contributed by atoms with E-state index in [9.17, 15) is 20.2 Å². The normalized spacial score (nSPS) is 11.1. The van der Waals surface area contributed by atoms with Crippen LogP contribution in [0.25, 0.3) is 10.2 Å². The molecule has 3 rings (SSSR count). The van der Waals surface area contributed by atoms with Crippen LogP contribution in [0.4, 0.5) is 16.5 Å². The van der Waals surface area contributed by atoms with Gasteiger partial charge in [-0.05, 0) is 23.8 Å². The second-order valence-electron chi connectivity index (χ2n) is 4.51. The lowest BCUT2D eigenvalue weighted by atomic mass is 10.2. The molecule has 0 aliphatic rings. The van der Waals surface area contributed by atoms with Crippen LogP contribution in [0.15, 0.2) is 47.5 Å². The van der Waals surface area contributed by atoms with Gasteiger partial charge in [0.05, 0.1) is 20.1 Å². The average Bonchev–Trinajstić information content (AvgIpc) is 2.95. The zero-order chi connectivity index (χ0) is 16.4. The van der Waals surface area contributed by atoms with Crippen LogP contribution in [0.5, 0.6) is 0 Å². The van der Waals surface area contributed by atoms with E-state index in [1.165, 1.54) is 41.8 Å². The topological polar surface area (TPSA) is 112 Å². The first-order valence-corrected chi connectivity index (χ1v) is 7.18. The fourth-order valence-corrected chi connectivity index (χ4v) is 2.73. The molecule has 0 aliphatic carbocycles. The Labute approximate surface area is 133 Å². The summed E-state index contributed by atoms with van der Waals surface area (Å²) in [7, 11) is 0. The van der Waals surface area contributed by atoms with Crippen molar-refractivity contribution in [2.75, 3.05) is 0 Å². The van der Waals surface area contributed by atoms with Crippen LogP contribution in [0.2, 0.25) is 0 Å². The van der Waals surface area contributed by atoms with Crippen LogP contribution >= 0.6 is 11.3 Å². The van der Waals surface area contributed by atoms with Gasteiger partial charge in [0.15, 0.2) is 0 Å². The summed E-state index contributed by atoms with van der Waals surface area (Å²) in [6.07, 6.45) is 1.54. The number of non-ortho nitro benzene ring substituents is 2. The molecule has 114 valence electrons. The van der Waals surface area contributed by atoms with Gasteiger partial charge in [0.25, 0.3) is 11.4 Å². The van der Waals surface area contributed by atoms with Gasteiger partial charge in [-0.3, -0.25) is 20.2 Å². The maximum atomic E-state index is 10.7. The molecule has 0 unspecified atom stereocenters. The van der Waals surface area contributed by atoms with Crippen molar-refractivity contribution < 1.29 is 9.85 Å². The van der Waals surface area contributed by atoms with Gasteiger partial charge in [-0.15, -0.1) is 0 Å². The molecule has 0 bridgehead atoms. The molecule has 0 radical (unpaired) electrons. The first-order valence-electron chi connectivity index (χ1n) is 6.36. The Hall–Kier alpha value is -3.20. The van der Waals surface area contributed by atoms with Gasteiger partial charge in [0.1, 0.15) is 0 Å². The van der Waals surface area contributed by atoms with Gasteiger partial charge >= 0.3 is 0 Å². The SMILES string of the molecule is O=[N+]([O-])c1ccc(/C=N/c2nc3ccc([N+](=O)[O-])cc3s2)cc1. The summed E-state index contributed by atoms with van der Waals surface area (Å²) >= 11 is 1.23. The van der Waals surface area contributed by atoms with E-state index in [2.05, 4.69) is 9.98 Å². The minimum atomic E-state index is -0.471. The molecule has 2 aromatic carbocycles. The largest absolute Gasteiger partial charge is 0.270 e. The maximum Gasteiger partial charge on any atom is 0.270 e. The highest BCUT2D eigenvalue weighted by Gasteiger charge is 2.09. The summed E-state index contributed by atoms with van der Waals surface area (Å²) in [5.41, 5.74) is 1.35. The summed E-state index contributed by atoms with van der Waals surface area (Å²) in [5.74, 6) is 0. The zero-order valence-corrected chi connectivity index (χ0v) is 12.3. The standard InChI is InChI=1S/C14H8N4O4S/c19-17(20)10-3-1-9(2-4-10)8-15-14-16-12-6-5-11(18(21)22)7-13(12)23-14/h1-8H/b15-8+. The molecule has 0 spiro atoms. The van der Waals surface area contributed by atoms with Crippen molar-refractivity contribution in [3.05, 3.63) is 68.3 Å². The van der Waals surface area contributed by atoms with E-state index >= 15 is 0 Å². The summed E-state index contributed by atoms with van der Waals surface area (Å²) in [6.45, 7) is 0. The van der Waals surface area contributed by atoms with E-state index in [1.807, 2.05) is 0 Å². The molecular weight excluding hydrogens is 320 g/mol. The number of hydrogen-bond acceptors (Lipinski definition) is 7. The van der Waals surface area contributed by atoms with Crippen LogP contribution < -0.4 is 0 Å². The van der Waals surface area contributed by atoms with E-state index < -0.39 is 9.85 Å². The molecule has 0 fully saturated rings. The number of benzene rings is 2. The third-order valence-corrected chi connectivity index (χ3v) is 3.93. The number of aliphatic imine (C=N–C) groups is 1. The molecule has 8 nitrogen and oxygen atoms in total. The van der Waals surface area contributed by atoms with Crippen molar-refractivity contribution in [2.45, 2.75) is 0 Å². The summed E-state index contributed by atoms with van der Waals surface area (Å²) in [5, 5.41) is 21.8. The maximum absolute atomic E-state index is 10.7. The molecule has 0 saturated heterocycles. The Morgan fingerprint density at radius 1 is 1.00 bits per heavy atom. The van der Waals surface area contributed by atoms with Crippen LogP contribution in [-0.2, 0) is 0 Å². The summed E-state index contributed by atoms with van der Waals surface area (Å²) in [4.78, 5) is 28.9. The van der Waals surface area contributed by atoms with Crippen molar-refractivity contribution >= 4 is 44.3 Å². The lowest BCUT2D eigenvalue weighted by Gasteiger charge is -1.92. The van der Waals surface area contributed by atoms with E-state index in [0.717, 1.165) is 0 Å². The Kier molecular flexibility index (Phi) is 3.77. The molecule has 1 heterocycles. The molecule has 9 heteroatoms. The lowest BCUT2D eigenvalue weighted by molar-refractivity contribution is -0.385. The smallest absolute Gasteiger partial charge is 0.258 e. The van der Waals surface area contributed by atoms with Crippen molar-refractivity contribution in [1.29, 1.82) is 0 Å². The molecule has 0 amide bonds. The van der Waals surface area contributed by atoms with Crippen molar-refractivity contribution in [3.63, 3.8) is 0 Å². The van der Waals surface area contributed by atoms with Gasteiger partial charge in [-0.2, -0.15) is 0 Å². The first kappa shape index (κ1) is 14.7. The quantitative estimate of drug-likeness (QED) is 0.410. The minimum Gasteiger partial charge on any atom is -0.258 e. The highest BCUT2D eigenvalue weighted by molar-refractivity contribution is 7.22. The number of aromatic nitrogens is 1. The second-order valence-corrected chi connectivity index (χ2v) is 5.52. The third kappa shape index (κ3) is 3.19. The Morgan fingerprint density at radius 3 is 2.30 bits per heavy atom. The monoisotopic (exact) mass is 328 g/mol. The van der Waals surface area contributed by atoms with Gasteiger partial charge in [0, 0.05) is 30.5 Å². The van der Waals surface area contributed by atoms with Crippen LogP contribution in [-0.4, -0.2) is 21.0 Å². The predicted octanol–water partition coefficient (Wildman–Crippen LogP) is 3.86. The van der Waals surface area contributed by atoms with Crippen LogP contribution in [0.1, 0.15) is 5.56 Å². The molecule has 0 saturated carbocycles.